The van der Waals surface area contributed by atoms with E-state index in [1.165, 1.54) is 43.4 Å². The zero-order valence-electron chi connectivity index (χ0n) is 13.7. The van der Waals surface area contributed by atoms with Crippen LogP contribution >= 0.6 is 11.6 Å². The van der Waals surface area contributed by atoms with Gasteiger partial charge in [0.1, 0.15) is 0 Å². The van der Waals surface area contributed by atoms with Gasteiger partial charge in [-0.3, -0.25) is 0 Å². The van der Waals surface area contributed by atoms with Crippen molar-refractivity contribution >= 4 is 17.3 Å². The quantitative estimate of drug-likeness (QED) is 0.845. The fraction of sp³-hybridized carbons (Fsp3) is 0.667. The number of anilines is 1. The molecular formula is C18H29ClN2. The van der Waals surface area contributed by atoms with Gasteiger partial charge in [0.05, 0.1) is 0 Å². The van der Waals surface area contributed by atoms with E-state index >= 15 is 0 Å². The largest absolute Gasteiger partial charge is 0.371 e. The molecule has 0 unspecified atom stereocenters. The zero-order chi connectivity index (χ0) is 15.3. The highest BCUT2D eigenvalue weighted by Gasteiger charge is 2.15. The van der Waals surface area contributed by atoms with Gasteiger partial charge in [-0.1, -0.05) is 36.9 Å². The third-order valence-electron chi connectivity index (χ3n) is 4.05. The molecule has 0 atom stereocenters. The molecule has 0 spiro atoms. The van der Waals surface area contributed by atoms with Crippen LogP contribution in [-0.2, 0) is 6.54 Å². The normalized spacial score (nSPS) is 17.4. The summed E-state index contributed by atoms with van der Waals surface area (Å²) in [6, 6.07) is 6.33. The van der Waals surface area contributed by atoms with Crippen molar-refractivity contribution in [3.63, 3.8) is 0 Å². The van der Waals surface area contributed by atoms with E-state index in [-0.39, 0.29) is 5.54 Å². The molecule has 1 saturated heterocycles. The molecule has 2 rings (SSSR count). The number of nitrogens with zero attached hydrogens (tertiary/aromatic N) is 1. The van der Waals surface area contributed by atoms with Crippen molar-refractivity contribution in [1.82, 2.24) is 5.32 Å². The molecule has 21 heavy (non-hydrogen) atoms. The summed E-state index contributed by atoms with van der Waals surface area (Å²) in [5.74, 6) is 0. The Bertz CT molecular complexity index is 443. The van der Waals surface area contributed by atoms with Gasteiger partial charge < -0.3 is 10.2 Å². The third kappa shape index (κ3) is 5.52. The van der Waals surface area contributed by atoms with Crippen molar-refractivity contribution in [2.75, 3.05) is 18.0 Å². The highest BCUT2D eigenvalue weighted by molar-refractivity contribution is 6.30. The monoisotopic (exact) mass is 308 g/mol. The van der Waals surface area contributed by atoms with Crippen LogP contribution in [0.15, 0.2) is 18.2 Å². The van der Waals surface area contributed by atoms with Gasteiger partial charge in [-0.25, -0.2) is 0 Å². The molecule has 3 heteroatoms. The number of nitrogens with one attached hydrogen (secondary N) is 1. The Balaban J connectivity index is 2.16. The minimum absolute atomic E-state index is 0.132. The van der Waals surface area contributed by atoms with E-state index in [9.17, 15) is 0 Å². The van der Waals surface area contributed by atoms with Gasteiger partial charge in [0.15, 0.2) is 0 Å². The molecule has 0 radical (unpaired) electrons. The summed E-state index contributed by atoms with van der Waals surface area (Å²) in [6.45, 7) is 9.83. The minimum atomic E-state index is 0.132. The van der Waals surface area contributed by atoms with Crippen LogP contribution in [0.3, 0.4) is 0 Å². The van der Waals surface area contributed by atoms with Crippen molar-refractivity contribution in [2.24, 2.45) is 0 Å². The van der Waals surface area contributed by atoms with Gasteiger partial charge in [-0.05, 0) is 51.3 Å². The predicted molar refractivity (Wildman–Crippen MR) is 93.3 cm³/mol. The lowest BCUT2D eigenvalue weighted by Gasteiger charge is -2.30. The summed E-state index contributed by atoms with van der Waals surface area (Å²) < 4.78 is 0. The van der Waals surface area contributed by atoms with Crippen molar-refractivity contribution in [2.45, 2.75) is 65.0 Å². The maximum Gasteiger partial charge on any atom is 0.0426 e. The Hall–Kier alpha value is -0.730. The van der Waals surface area contributed by atoms with E-state index < -0.39 is 0 Å². The first kappa shape index (κ1) is 16.6. The molecule has 1 N–H and O–H groups in total. The highest BCUT2D eigenvalue weighted by atomic mass is 35.5. The van der Waals surface area contributed by atoms with Gasteiger partial charge in [0, 0.05) is 35.9 Å². The van der Waals surface area contributed by atoms with Crippen LogP contribution in [0.25, 0.3) is 0 Å². The van der Waals surface area contributed by atoms with Crippen molar-refractivity contribution < 1.29 is 0 Å². The molecule has 0 aliphatic carbocycles. The van der Waals surface area contributed by atoms with Crippen molar-refractivity contribution in [1.29, 1.82) is 0 Å². The molecule has 1 aliphatic rings. The molecular weight excluding hydrogens is 280 g/mol. The fourth-order valence-electron chi connectivity index (χ4n) is 2.83. The van der Waals surface area contributed by atoms with Crippen LogP contribution in [0.1, 0.15) is 58.4 Å². The molecule has 0 aromatic heterocycles. The molecule has 1 aliphatic heterocycles. The van der Waals surface area contributed by atoms with E-state index in [1.807, 2.05) is 6.07 Å². The molecule has 1 heterocycles. The second kappa shape index (κ2) is 7.51. The number of rotatable bonds is 3. The number of hydrogen-bond donors (Lipinski definition) is 1. The SMILES string of the molecule is CC(C)(C)NCc1ccc(Cl)cc1N1CCCCCCC1. The van der Waals surface area contributed by atoms with E-state index in [0.717, 1.165) is 24.7 Å². The van der Waals surface area contributed by atoms with E-state index in [0.29, 0.717) is 0 Å². The molecule has 1 fully saturated rings. The average Bonchev–Trinajstić information content (AvgIpc) is 2.36. The van der Waals surface area contributed by atoms with Crippen LogP contribution in [0.2, 0.25) is 5.02 Å². The maximum atomic E-state index is 6.25. The predicted octanol–water partition coefficient (Wildman–Crippen LogP) is 5.00. The van der Waals surface area contributed by atoms with E-state index in [4.69, 9.17) is 11.6 Å². The van der Waals surface area contributed by atoms with Crippen LogP contribution in [0.5, 0.6) is 0 Å². The Kier molecular flexibility index (Phi) is 5.95. The van der Waals surface area contributed by atoms with Crippen LogP contribution < -0.4 is 10.2 Å². The Labute approximate surface area is 134 Å². The van der Waals surface area contributed by atoms with Gasteiger partial charge in [-0.2, -0.15) is 0 Å². The molecule has 118 valence electrons. The van der Waals surface area contributed by atoms with E-state index in [1.54, 1.807) is 0 Å². The Morgan fingerprint density at radius 3 is 2.29 bits per heavy atom. The first-order valence-corrected chi connectivity index (χ1v) is 8.62. The third-order valence-corrected chi connectivity index (χ3v) is 4.29. The molecule has 0 saturated carbocycles. The van der Waals surface area contributed by atoms with Crippen LogP contribution in [-0.4, -0.2) is 18.6 Å². The average molecular weight is 309 g/mol. The lowest BCUT2D eigenvalue weighted by atomic mass is 10.0. The van der Waals surface area contributed by atoms with Crippen molar-refractivity contribution in [3.05, 3.63) is 28.8 Å². The van der Waals surface area contributed by atoms with Crippen molar-refractivity contribution in [3.8, 4) is 0 Å². The van der Waals surface area contributed by atoms with Gasteiger partial charge in [0.2, 0.25) is 0 Å². The number of hydrogen-bond acceptors (Lipinski definition) is 2. The summed E-state index contributed by atoms with van der Waals surface area (Å²) in [5, 5.41) is 4.43. The first-order valence-electron chi connectivity index (χ1n) is 8.24. The fourth-order valence-corrected chi connectivity index (χ4v) is 3.00. The Morgan fingerprint density at radius 2 is 1.67 bits per heavy atom. The second-order valence-electron chi connectivity index (χ2n) is 7.13. The summed E-state index contributed by atoms with van der Waals surface area (Å²) in [7, 11) is 0. The molecule has 0 amide bonds. The lowest BCUT2D eigenvalue weighted by Crippen LogP contribution is -2.36. The Morgan fingerprint density at radius 1 is 1.05 bits per heavy atom. The smallest absolute Gasteiger partial charge is 0.0426 e. The highest BCUT2D eigenvalue weighted by Crippen LogP contribution is 2.27. The summed E-state index contributed by atoms with van der Waals surface area (Å²) in [6.07, 6.45) is 6.68. The summed E-state index contributed by atoms with van der Waals surface area (Å²) >= 11 is 6.25. The lowest BCUT2D eigenvalue weighted by molar-refractivity contribution is 0.424. The summed E-state index contributed by atoms with van der Waals surface area (Å²) in [5.41, 5.74) is 2.81. The molecule has 1 aromatic carbocycles. The van der Waals surface area contributed by atoms with Gasteiger partial charge >= 0.3 is 0 Å². The minimum Gasteiger partial charge on any atom is -0.371 e. The van der Waals surface area contributed by atoms with Gasteiger partial charge in [0.25, 0.3) is 0 Å². The van der Waals surface area contributed by atoms with Crippen LogP contribution in [0, 0.1) is 0 Å². The zero-order valence-corrected chi connectivity index (χ0v) is 14.5. The first-order chi connectivity index (χ1) is 9.96. The molecule has 0 bridgehead atoms. The maximum absolute atomic E-state index is 6.25. The standard InChI is InChI=1S/C18H29ClN2/c1-18(2,3)20-14-15-9-10-16(19)13-17(15)21-11-7-5-4-6-8-12-21/h9-10,13,20H,4-8,11-12,14H2,1-3H3. The van der Waals surface area contributed by atoms with Gasteiger partial charge in [-0.15, -0.1) is 0 Å². The van der Waals surface area contributed by atoms with E-state index in [2.05, 4.69) is 43.1 Å². The second-order valence-corrected chi connectivity index (χ2v) is 7.57. The molecule has 1 aromatic rings. The topological polar surface area (TPSA) is 15.3 Å². The number of halogens is 1. The number of benzene rings is 1. The molecule has 2 nitrogen and oxygen atoms in total. The summed E-state index contributed by atoms with van der Waals surface area (Å²) in [4.78, 5) is 2.53. The van der Waals surface area contributed by atoms with Crippen LogP contribution in [0.4, 0.5) is 5.69 Å².